The first-order chi connectivity index (χ1) is 4.79. The van der Waals surface area contributed by atoms with Gasteiger partial charge in [0.15, 0.2) is 0 Å². The lowest BCUT2D eigenvalue weighted by Crippen LogP contribution is -1.90. The average molecular weight is 155 g/mol. The quantitative estimate of drug-likeness (QED) is 0.702. The number of thiazole rings is 1. The van der Waals surface area contributed by atoms with Gasteiger partial charge >= 0.3 is 0 Å². The van der Waals surface area contributed by atoms with Gasteiger partial charge in [0.05, 0.1) is 17.3 Å². The smallest absolute Gasteiger partial charge is 0.0798 e. The van der Waals surface area contributed by atoms with E-state index < -0.39 is 0 Å². The molecular weight excluding hydrogens is 146 g/mol. The van der Waals surface area contributed by atoms with E-state index in [1.165, 1.54) is 0 Å². The fourth-order valence-corrected chi connectivity index (χ4v) is 1.06. The Morgan fingerprint density at radius 1 is 1.80 bits per heavy atom. The van der Waals surface area contributed by atoms with Gasteiger partial charge in [-0.05, 0) is 13.0 Å². The number of aliphatic hydroxyl groups is 1. The second kappa shape index (κ2) is 3.49. The minimum absolute atomic E-state index is 0.387. The zero-order chi connectivity index (χ0) is 7.40. The maximum absolute atomic E-state index is 8.84. The molecule has 3 heteroatoms. The summed E-state index contributed by atoms with van der Waals surface area (Å²) in [7, 11) is 0. The molecule has 0 aliphatic carbocycles. The largest absolute Gasteiger partial charge is 0.389 e. The topological polar surface area (TPSA) is 33.1 Å². The summed E-state index contributed by atoms with van der Waals surface area (Å²) in [4.78, 5) is 4.01. The van der Waals surface area contributed by atoms with E-state index in [1.54, 1.807) is 35.9 Å². The molecule has 0 saturated carbocycles. The minimum Gasteiger partial charge on any atom is -0.389 e. The van der Waals surface area contributed by atoms with Crippen molar-refractivity contribution in [3.05, 3.63) is 22.7 Å². The van der Waals surface area contributed by atoms with Crippen LogP contribution >= 0.6 is 11.3 Å². The van der Waals surface area contributed by atoms with Gasteiger partial charge in [-0.2, -0.15) is 0 Å². The van der Waals surface area contributed by atoms with Crippen LogP contribution in [0.1, 0.15) is 12.6 Å². The van der Waals surface area contributed by atoms with Crippen molar-refractivity contribution >= 4 is 17.4 Å². The molecule has 10 heavy (non-hydrogen) atoms. The second-order valence-corrected chi connectivity index (χ2v) is 2.73. The first kappa shape index (κ1) is 7.44. The van der Waals surface area contributed by atoms with Gasteiger partial charge in [-0.15, -0.1) is 11.3 Å². The summed E-state index contributed by atoms with van der Waals surface area (Å²) in [6, 6.07) is 0. The fraction of sp³-hybridized carbons (Fsp3) is 0.286. The van der Waals surface area contributed by atoms with Gasteiger partial charge in [0.25, 0.3) is 0 Å². The molecule has 0 radical (unpaired) electrons. The Balaban J connectivity index is 2.55. The monoisotopic (exact) mass is 155 g/mol. The zero-order valence-electron chi connectivity index (χ0n) is 5.69. The molecule has 0 amide bonds. The fourth-order valence-electron chi connectivity index (χ4n) is 0.542. The van der Waals surface area contributed by atoms with E-state index in [1.807, 2.05) is 5.38 Å². The van der Waals surface area contributed by atoms with E-state index >= 15 is 0 Å². The lowest BCUT2D eigenvalue weighted by molar-refractivity contribution is 0.245. The van der Waals surface area contributed by atoms with E-state index in [2.05, 4.69) is 4.98 Å². The van der Waals surface area contributed by atoms with E-state index in [0.717, 1.165) is 5.69 Å². The second-order valence-electron chi connectivity index (χ2n) is 2.01. The molecule has 0 aliphatic heterocycles. The lowest BCUT2D eigenvalue weighted by atomic mass is 10.3. The molecule has 2 nitrogen and oxygen atoms in total. The molecule has 1 aromatic rings. The number of hydrogen-bond acceptors (Lipinski definition) is 3. The van der Waals surface area contributed by atoms with Crippen LogP contribution < -0.4 is 0 Å². The molecule has 1 rings (SSSR count). The van der Waals surface area contributed by atoms with Crippen LogP contribution in [-0.2, 0) is 0 Å². The highest BCUT2D eigenvalue weighted by molar-refractivity contribution is 7.07. The first-order valence-corrected chi connectivity index (χ1v) is 3.98. The summed E-state index contributed by atoms with van der Waals surface area (Å²) in [5.41, 5.74) is 2.67. The molecule has 0 fully saturated rings. The average Bonchev–Trinajstić information content (AvgIpc) is 2.34. The van der Waals surface area contributed by atoms with Crippen molar-refractivity contribution in [3.8, 4) is 0 Å². The van der Waals surface area contributed by atoms with E-state index in [0.29, 0.717) is 0 Å². The van der Waals surface area contributed by atoms with Crippen molar-refractivity contribution in [2.45, 2.75) is 13.0 Å². The summed E-state index contributed by atoms with van der Waals surface area (Å²) < 4.78 is 0. The third-order valence-electron chi connectivity index (χ3n) is 0.997. The van der Waals surface area contributed by atoms with Crippen molar-refractivity contribution in [1.82, 2.24) is 4.98 Å². The summed E-state index contributed by atoms with van der Waals surface area (Å²) in [6.45, 7) is 1.71. The molecule has 1 unspecified atom stereocenters. The van der Waals surface area contributed by atoms with Crippen molar-refractivity contribution in [1.29, 1.82) is 0 Å². The van der Waals surface area contributed by atoms with Gasteiger partial charge in [-0.3, -0.25) is 0 Å². The standard InChI is InChI=1S/C7H9NOS/c1-6(9)2-3-7-4-10-5-8-7/h2-6,9H,1H3/b3-2+. The highest BCUT2D eigenvalue weighted by Gasteiger charge is 1.88. The highest BCUT2D eigenvalue weighted by Crippen LogP contribution is 2.03. The molecule has 0 aromatic carbocycles. The van der Waals surface area contributed by atoms with E-state index in [-0.39, 0.29) is 6.10 Å². The summed E-state index contributed by atoms with van der Waals surface area (Å²) in [5, 5.41) is 10.8. The Bertz CT molecular complexity index is 203. The van der Waals surface area contributed by atoms with Crippen LogP contribution in [-0.4, -0.2) is 16.2 Å². The van der Waals surface area contributed by atoms with Gasteiger partial charge in [-0.1, -0.05) is 6.08 Å². The van der Waals surface area contributed by atoms with Crippen LogP contribution in [0.25, 0.3) is 6.08 Å². The summed E-state index contributed by atoms with van der Waals surface area (Å²) >= 11 is 1.55. The van der Waals surface area contributed by atoms with E-state index in [4.69, 9.17) is 5.11 Å². The molecule has 1 heterocycles. The Kier molecular flexibility index (Phi) is 2.59. The Hall–Kier alpha value is -0.670. The number of aromatic nitrogens is 1. The zero-order valence-corrected chi connectivity index (χ0v) is 6.51. The maximum atomic E-state index is 8.84. The number of rotatable bonds is 2. The molecule has 0 saturated heterocycles. The predicted octanol–water partition coefficient (Wildman–Crippen LogP) is 1.54. The number of hydrogen-bond donors (Lipinski definition) is 1. The number of aliphatic hydroxyl groups excluding tert-OH is 1. The van der Waals surface area contributed by atoms with E-state index in [9.17, 15) is 0 Å². The predicted molar refractivity (Wildman–Crippen MR) is 42.8 cm³/mol. The van der Waals surface area contributed by atoms with Crippen molar-refractivity contribution in [2.75, 3.05) is 0 Å². The molecule has 0 spiro atoms. The Morgan fingerprint density at radius 2 is 2.60 bits per heavy atom. The van der Waals surface area contributed by atoms with Gasteiger partial charge in [0, 0.05) is 5.38 Å². The third-order valence-corrected chi connectivity index (χ3v) is 1.60. The SMILES string of the molecule is CC(O)/C=C/c1cscn1. The van der Waals surface area contributed by atoms with Crippen LogP contribution in [0, 0.1) is 0 Å². The first-order valence-electron chi connectivity index (χ1n) is 3.03. The number of nitrogens with zero attached hydrogens (tertiary/aromatic N) is 1. The minimum atomic E-state index is -0.387. The van der Waals surface area contributed by atoms with Crippen molar-refractivity contribution in [2.24, 2.45) is 0 Å². The summed E-state index contributed by atoms with van der Waals surface area (Å²) in [5.74, 6) is 0. The maximum Gasteiger partial charge on any atom is 0.0798 e. The van der Waals surface area contributed by atoms with Crippen LogP contribution in [0.2, 0.25) is 0 Å². The third kappa shape index (κ3) is 2.29. The molecule has 0 bridgehead atoms. The normalized spacial score (nSPS) is 14.2. The van der Waals surface area contributed by atoms with Gasteiger partial charge in [0.1, 0.15) is 0 Å². The van der Waals surface area contributed by atoms with Crippen LogP contribution in [0.5, 0.6) is 0 Å². The van der Waals surface area contributed by atoms with Crippen molar-refractivity contribution < 1.29 is 5.11 Å². The molecule has 1 atom stereocenters. The van der Waals surface area contributed by atoms with Crippen LogP contribution in [0.3, 0.4) is 0 Å². The van der Waals surface area contributed by atoms with Gasteiger partial charge in [-0.25, -0.2) is 4.98 Å². The van der Waals surface area contributed by atoms with Gasteiger partial charge < -0.3 is 5.11 Å². The molecule has 1 aromatic heterocycles. The van der Waals surface area contributed by atoms with Crippen LogP contribution in [0.15, 0.2) is 17.0 Å². The summed E-state index contributed by atoms with van der Waals surface area (Å²) in [6.07, 6.45) is 3.12. The molecular formula is C7H9NOS. The highest BCUT2D eigenvalue weighted by atomic mass is 32.1. The molecule has 0 aliphatic rings. The Labute approximate surface area is 63.9 Å². The van der Waals surface area contributed by atoms with Gasteiger partial charge in [0.2, 0.25) is 0 Å². The molecule has 1 N–H and O–H groups in total. The van der Waals surface area contributed by atoms with Crippen molar-refractivity contribution in [3.63, 3.8) is 0 Å². The Morgan fingerprint density at radius 3 is 3.10 bits per heavy atom. The lowest BCUT2D eigenvalue weighted by Gasteiger charge is -1.89. The van der Waals surface area contributed by atoms with Crippen LogP contribution in [0.4, 0.5) is 0 Å². The molecule has 54 valence electrons.